The molecule has 0 radical (unpaired) electrons. The van der Waals surface area contributed by atoms with E-state index in [0.717, 1.165) is 5.56 Å². The Balaban J connectivity index is 2.73. The summed E-state index contributed by atoms with van der Waals surface area (Å²) < 4.78 is 0. The molecule has 76 valence electrons. The van der Waals surface area contributed by atoms with Crippen molar-refractivity contribution in [3.8, 4) is 0 Å². The van der Waals surface area contributed by atoms with Crippen LogP contribution < -0.4 is 5.32 Å². The highest BCUT2D eigenvalue weighted by atomic mass is 16.3. The molecule has 1 atom stereocenters. The van der Waals surface area contributed by atoms with Crippen molar-refractivity contribution in [3.63, 3.8) is 0 Å². The number of aromatic nitrogens is 1. The number of amides is 1. The topological polar surface area (TPSA) is 62.2 Å². The third-order valence-corrected chi connectivity index (χ3v) is 1.86. The Morgan fingerprint density at radius 1 is 1.64 bits per heavy atom. The summed E-state index contributed by atoms with van der Waals surface area (Å²) in [6.45, 7) is 3.32. The normalized spacial score (nSPS) is 12.2. The molecule has 4 nitrogen and oxygen atoms in total. The van der Waals surface area contributed by atoms with Crippen LogP contribution in [-0.2, 0) is 4.79 Å². The average molecular weight is 194 g/mol. The predicted molar refractivity (Wildman–Crippen MR) is 53.8 cm³/mol. The van der Waals surface area contributed by atoms with Gasteiger partial charge in [-0.15, -0.1) is 0 Å². The third kappa shape index (κ3) is 2.81. The number of hydrogen-bond acceptors (Lipinski definition) is 3. The molecule has 14 heavy (non-hydrogen) atoms. The van der Waals surface area contributed by atoms with E-state index in [9.17, 15) is 9.90 Å². The number of carbonyl (C=O) groups is 1. The summed E-state index contributed by atoms with van der Waals surface area (Å²) in [5, 5.41) is 12.0. The molecule has 1 aromatic rings. The average Bonchev–Trinajstić information content (AvgIpc) is 2.17. The maximum Gasteiger partial charge on any atom is 0.222 e. The van der Waals surface area contributed by atoms with Crippen LogP contribution in [-0.4, -0.2) is 16.0 Å². The SMILES string of the molecule is CCC(O)c1ccc(NC(C)=O)nc1. The zero-order valence-corrected chi connectivity index (χ0v) is 8.32. The van der Waals surface area contributed by atoms with Crippen molar-refractivity contribution in [2.75, 3.05) is 5.32 Å². The van der Waals surface area contributed by atoms with Crippen molar-refractivity contribution in [3.05, 3.63) is 23.9 Å². The highest BCUT2D eigenvalue weighted by Gasteiger charge is 2.04. The van der Waals surface area contributed by atoms with Gasteiger partial charge in [0.15, 0.2) is 0 Å². The number of aliphatic hydroxyl groups is 1. The van der Waals surface area contributed by atoms with E-state index < -0.39 is 6.10 Å². The largest absolute Gasteiger partial charge is 0.388 e. The van der Waals surface area contributed by atoms with Crippen LogP contribution >= 0.6 is 0 Å². The number of aliphatic hydroxyl groups excluding tert-OH is 1. The van der Waals surface area contributed by atoms with Gasteiger partial charge < -0.3 is 10.4 Å². The number of pyridine rings is 1. The zero-order chi connectivity index (χ0) is 10.6. The molecule has 0 spiro atoms. The molecule has 1 amide bonds. The van der Waals surface area contributed by atoms with Gasteiger partial charge >= 0.3 is 0 Å². The Morgan fingerprint density at radius 2 is 2.36 bits per heavy atom. The quantitative estimate of drug-likeness (QED) is 0.766. The maximum atomic E-state index is 10.7. The van der Waals surface area contributed by atoms with Crippen molar-refractivity contribution in [2.24, 2.45) is 0 Å². The fourth-order valence-electron chi connectivity index (χ4n) is 1.09. The Kier molecular flexibility index (Phi) is 3.59. The van der Waals surface area contributed by atoms with Gasteiger partial charge in [-0.05, 0) is 18.1 Å². The van der Waals surface area contributed by atoms with E-state index in [0.29, 0.717) is 12.2 Å². The number of carbonyl (C=O) groups excluding carboxylic acids is 1. The van der Waals surface area contributed by atoms with Crippen molar-refractivity contribution < 1.29 is 9.90 Å². The summed E-state index contributed by atoms with van der Waals surface area (Å²) in [5.41, 5.74) is 0.765. The van der Waals surface area contributed by atoms with E-state index in [-0.39, 0.29) is 5.91 Å². The molecule has 0 bridgehead atoms. The lowest BCUT2D eigenvalue weighted by molar-refractivity contribution is -0.114. The molecule has 2 N–H and O–H groups in total. The van der Waals surface area contributed by atoms with Crippen LogP contribution in [0.15, 0.2) is 18.3 Å². The van der Waals surface area contributed by atoms with Crippen LogP contribution in [0.25, 0.3) is 0 Å². The molecule has 0 aromatic carbocycles. The molecular weight excluding hydrogens is 180 g/mol. The summed E-state index contributed by atoms with van der Waals surface area (Å²) in [6.07, 6.45) is 1.74. The van der Waals surface area contributed by atoms with Crippen LogP contribution in [0.5, 0.6) is 0 Å². The van der Waals surface area contributed by atoms with E-state index in [1.807, 2.05) is 6.92 Å². The minimum absolute atomic E-state index is 0.152. The Morgan fingerprint density at radius 3 is 2.79 bits per heavy atom. The van der Waals surface area contributed by atoms with E-state index in [1.165, 1.54) is 6.92 Å². The van der Waals surface area contributed by atoms with Crippen molar-refractivity contribution in [1.82, 2.24) is 4.98 Å². The van der Waals surface area contributed by atoms with Gasteiger partial charge in [-0.2, -0.15) is 0 Å². The first kappa shape index (κ1) is 10.7. The fraction of sp³-hybridized carbons (Fsp3) is 0.400. The van der Waals surface area contributed by atoms with Gasteiger partial charge in [0.2, 0.25) is 5.91 Å². The lowest BCUT2D eigenvalue weighted by Gasteiger charge is -2.08. The van der Waals surface area contributed by atoms with Crippen LogP contribution in [0.2, 0.25) is 0 Å². The van der Waals surface area contributed by atoms with Crippen molar-refractivity contribution in [1.29, 1.82) is 0 Å². The van der Waals surface area contributed by atoms with E-state index in [4.69, 9.17) is 0 Å². The summed E-state index contributed by atoms with van der Waals surface area (Å²) in [7, 11) is 0. The maximum absolute atomic E-state index is 10.7. The van der Waals surface area contributed by atoms with Gasteiger partial charge in [-0.3, -0.25) is 4.79 Å². The van der Waals surface area contributed by atoms with Crippen molar-refractivity contribution >= 4 is 11.7 Å². The first-order valence-electron chi connectivity index (χ1n) is 4.55. The summed E-state index contributed by atoms with van der Waals surface area (Å²) in [6, 6.07) is 3.43. The molecule has 0 saturated heterocycles. The second kappa shape index (κ2) is 4.72. The van der Waals surface area contributed by atoms with Gasteiger partial charge in [0, 0.05) is 13.1 Å². The predicted octanol–water partition coefficient (Wildman–Crippen LogP) is 1.48. The molecule has 4 heteroatoms. The Labute approximate surface area is 83.0 Å². The standard InChI is InChI=1S/C10H14N2O2/c1-3-9(14)8-4-5-10(11-6-8)12-7(2)13/h4-6,9,14H,3H2,1-2H3,(H,11,12,13). The second-order valence-corrected chi connectivity index (χ2v) is 3.08. The van der Waals surface area contributed by atoms with E-state index >= 15 is 0 Å². The molecule has 1 rings (SSSR count). The van der Waals surface area contributed by atoms with E-state index in [1.54, 1.807) is 18.3 Å². The van der Waals surface area contributed by atoms with Crippen LogP contribution in [0, 0.1) is 0 Å². The lowest BCUT2D eigenvalue weighted by atomic mass is 10.1. The minimum atomic E-state index is -0.478. The van der Waals surface area contributed by atoms with Gasteiger partial charge in [0.05, 0.1) is 6.10 Å². The third-order valence-electron chi connectivity index (χ3n) is 1.86. The monoisotopic (exact) mass is 194 g/mol. The van der Waals surface area contributed by atoms with Gasteiger partial charge in [0.25, 0.3) is 0 Å². The molecule has 0 saturated carbocycles. The summed E-state index contributed by atoms with van der Waals surface area (Å²) in [4.78, 5) is 14.7. The summed E-state index contributed by atoms with van der Waals surface area (Å²) in [5.74, 6) is 0.353. The Hall–Kier alpha value is -1.42. The molecule has 1 aromatic heterocycles. The number of hydrogen-bond donors (Lipinski definition) is 2. The van der Waals surface area contributed by atoms with Crippen LogP contribution in [0.1, 0.15) is 31.9 Å². The first-order chi connectivity index (χ1) is 6.63. The number of anilines is 1. The van der Waals surface area contributed by atoms with Crippen molar-refractivity contribution in [2.45, 2.75) is 26.4 Å². The highest BCUT2D eigenvalue weighted by Crippen LogP contribution is 2.16. The molecular formula is C10H14N2O2. The van der Waals surface area contributed by atoms with Gasteiger partial charge in [-0.25, -0.2) is 4.98 Å². The molecule has 1 heterocycles. The van der Waals surface area contributed by atoms with Crippen LogP contribution in [0.3, 0.4) is 0 Å². The first-order valence-corrected chi connectivity index (χ1v) is 4.55. The molecule has 0 aliphatic rings. The van der Waals surface area contributed by atoms with Gasteiger partial charge in [-0.1, -0.05) is 13.0 Å². The molecule has 1 unspecified atom stereocenters. The summed E-state index contributed by atoms with van der Waals surface area (Å²) >= 11 is 0. The van der Waals surface area contributed by atoms with Gasteiger partial charge in [0.1, 0.15) is 5.82 Å². The number of rotatable bonds is 3. The zero-order valence-electron chi connectivity index (χ0n) is 8.32. The lowest BCUT2D eigenvalue weighted by Crippen LogP contribution is -2.07. The number of nitrogens with one attached hydrogen (secondary N) is 1. The molecule has 0 aliphatic heterocycles. The second-order valence-electron chi connectivity index (χ2n) is 3.08. The minimum Gasteiger partial charge on any atom is -0.388 e. The van der Waals surface area contributed by atoms with Crippen LogP contribution in [0.4, 0.5) is 5.82 Å². The fourth-order valence-corrected chi connectivity index (χ4v) is 1.09. The smallest absolute Gasteiger partial charge is 0.222 e. The number of nitrogens with zero attached hydrogens (tertiary/aromatic N) is 1. The highest BCUT2D eigenvalue weighted by molar-refractivity contribution is 5.87. The molecule has 0 aliphatic carbocycles. The van der Waals surface area contributed by atoms with E-state index in [2.05, 4.69) is 10.3 Å². The molecule has 0 fully saturated rings. The Bertz CT molecular complexity index is 308.